The molecule has 3 rings (SSSR count). The van der Waals surface area contributed by atoms with Crippen LogP contribution in [0.4, 0.5) is 4.79 Å². The van der Waals surface area contributed by atoms with Crippen molar-refractivity contribution in [3.63, 3.8) is 0 Å². The van der Waals surface area contributed by atoms with Gasteiger partial charge in [0.25, 0.3) is 0 Å². The predicted molar refractivity (Wildman–Crippen MR) is 120 cm³/mol. The van der Waals surface area contributed by atoms with E-state index in [1.165, 1.54) is 0 Å². The van der Waals surface area contributed by atoms with Gasteiger partial charge in [0.1, 0.15) is 22.7 Å². The van der Waals surface area contributed by atoms with E-state index in [0.29, 0.717) is 25.9 Å². The van der Waals surface area contributed by atoms with E-state index < -0.39 is 11.2 Å². The molecule has 1 fully saturated rings. The number of hydrogen-bond acceptors (Lipinski definition) is 5. The van der Waals surface area contributed by atoms with Gasteiger partial charge in [-0.05, 0) is 74.9 Å². The summed E-state index contributed by atoms with van der Waals surface area (Å²) in [5.74, 6) is 1.41. The van der Waals surface area contributed by atoms with Crippen molar-refractivity contribution in [1.29, 1.82) is 0 Å². The highest BCUT2D eigenvalue weighted by Crippen LogP contribution is 2.43. The fraction of sp³-hybridized carbons (Fsp3) is 0.480. The summed E-state index contributed by atoms with van der Waals surface area (Å²) < 4.78 is 16.1. The number of methoxy groups -OCH3 is 2. The second-order valence-corrected chi connectivity index (χ2v) is 8.97. The molecule has 0 bridgehead atoms. The number of carbonyl (C=O) groups is 1. The van der Waals surface area contributed by atoms with Gasteiger partial charge in [-0.25, -0.2) is 4.79 Å². The minimum atomic E-state index is -1.20. The number of nitrogens with zero attached hydrogens (tertiary/aromatic N) is 1. The molecular formula is C25H33NO5. The third-order valence-electron chi connectivity index (χ3n) is 5.80. The topological polar surface area (TPSA) is 68.2 Å². The van der Waals surface area contributed by atoms with Gasteiger partial charge in [0, 0.05) is 13.1 Å². The standard InChI is InChI=1S/C25H33NO5/c1-24(2,3)31-23(27)26-16-14-20(15-17-26)25(28,18-6-10-21(29-4)11-7-18)19-8-12-22(30-5)13-9-19/h6-13,20,28H,14-17H2,1-5H3. The molecule has 6 heteroatoms. The first-order chi connectivity index (χ1) is 14.7. The molecule has 1 aliphatic rings. The molecule has 0 spiro atoms. The Morgan fingerprint density at radius 2 is 1.29 bits per heavy atom. The predicted octanol–water partition coefficient (Wildman–Crippen LogP) is 4.59. The van der Waals surface area contributed by atoms with Crippen LogP contribution in [0.3, 0.4) is 0 Å². The zero-order chi connectivity index (χ0) is 22.6. The Hall–Kier alpha value is -2.73. The van der Waals surface area contributed by atoms with Crippen molar-refractivity contribution >= 4 is 6.09 Å². The molecule has 0 aromatic heterocycles. The fourth-order valence-electron chi connectivity index (χ4n) is 4.13. The lowest BCUT2D eigenvalue weighted by Gasteiger charge is -2.42. The summed E-state index contributed by atoms with van der Waals surface area (Å²) in [5, 5.41) is 12.1. The lowest BCUT2D eigenvalue weighted by Crippen LogP contribution is -2.47. The van der Waals surface area contributed by atoms with E-state index in [2.05, 4.69) is 0 Å². The molecule has 1 heterocycles. The van der Waals surface area contributed by atoms with Crippen LogP contribution in [-0.4, -0.2) is 49.0 Å². The summed E-state index contributed by atoms with van der Waals surface area (Å²) in [4.78, 5) is 14.2. The molecule has 0 unspecified atom stereocenters. The Morgan fingerprint density at radius 1 is 0.871 bits per heavy atom. The quantitative estimate of drug-likeness (QED) is 0.756. The monoisotopic (exact) mass is 427 g/mol. The molecule has 2 aromatic rings. The van der Waals surface area contributed by atoms with Crippen LogP contribution in [0, 0.1) is 5.92 Å². The second-order valence-electron chi connectivity index (χ2n) is 8.97. The molecule has 31 heavy (non-hydrogen) atoms. The summed E-state index contributed by atoms with van der Waals surface area (Å²) in [7, 11) is 3.24. The zero-order valence-electron chi connectivity index (χ0n) is 19.1. The third-order valence-corrected chi connectivity index (χ3v) is 5.80. The number of ether oxygens (including phenoxy) is 3. The molecule has 6 nitrogen and oxygen atoms in total. The Balaban J connectivity index is 1.87. The van der Waals surface area contributed by atoms with E-state index in [0.717, 1.165) is 22.6 Å². The third kappa shape index (κ3) is 5.13. The average molecular weight is 428 g/mol. The number of benzene rings is 2. The summed E-state index contributed by atoms with van der Waals surface area (Å²) in [6.07, 6.45) is 1.02. The molecule has 2 aromatic carbocycles. The fourth-order valence-corrected chi connectivity index (χ4v) is 4.13. The van der Waals surface area contributed by atoms with Crippen molar-refractivity contribution in [2.75, 3.05) is 27.3 Å². The molecule has 0 aliphatic carbocycles. The van der Waals surface area contributed by atoms with Crippen LogP contribution >= 0.6 is 0 Å². The van der Waals surface area contributed by atoms with Crippen molar-refractivity contribution in [2.45, 2.75) is 44.8 Å². The van der Waals surface area contributed by atoms with Crippen LogP contribution in [0.15, 0.2) is 48.5 Å². The number of hydrogen-bond donors (Lipinski definition) is 1. The number of rotatable bonds is 5. The molecule has 0 saturated carbocycles. The first kappa shape index (κ1) is 22.9. The van der Waals surface area contributed by atoms with E-state index in [9.17, 15) is 9.90 Å². The van der Waals surface area contributed by atoms with E-state index in [-0.39, 0.29) is 12.0 Å². The lowest BCUT2D eigenvalue weighted by molar-refractivity contribution is -0.0238. The molecular weight excluding hydrogens is 394 g/mol. The maximum atomic E-state index is 12.5. The molecule has 1 saturated heterocycles. The van der Waals surface area contributed by atoms with E-state index in [1.54, 1.807) is 19.1 Å². The molecule has 1 aliphatic heterocycles. The van der Waals surface area contributed by atoms with Gasteiger partial charge in [0.05, 0.1) is 14.2 Å². The Morgan fingerprint density at radius 3 is 1.65 bits per heavy atom. The van der Waals surface area contributed by atoms with Crippen molar-refractivity contribution in [3.05, 3.63) is 59.7 Å². The number of aliphatic hydroxyl groups is 1. The molecule has 0 radical (unpaired) electrons. The molecule has 1 N–H and O–H groups in total. The van der Waals surface area contributed by atoms with Gasteiger partial charge in [-0.1, -0.05) is 24.3 Å². The van der Waals surface area contributed by atoms with E-state index in [1.807, 2.05) is 69.3 Å². The number of piperidine rings is 1. The van der Waals surface area contributed by atoms with Crippen LogP contribution in [0.5, 0.6) is 11.5 Å². The molecule has 0 atom stereocenters. The van der Waals surface area contributed by atoms with Gasteiger partial charge in [-0.15, -0.1) is 0 Å². The van der Waals surface area contributed by atoms with Crippen LogP contribution < -0.4 is 9.47 Å². The Kier molecular flexibility index (Phi) is 6.80. The number of carbonyl (C=O) groups excluding carboxylic acids is 1. The van der Waals surface area contributed by atoms with Gasteiger partial charge >= 0.3 is 6.09 Å². The first-order valence-corrected chi connectivity index (χ1v) is 10.7. The Labute approximate surface area is 184 Å². The normalized spacial score (nSPS) is 15.5. The summed E-state index contributed by atoms with van der Waals surface area (Å²) in [5.41, 5.74) is -0.122. The highest BCUT2D eigenvalue weighted by Gasteiger charge is 2.42. The molecule has 168 valence electrons. The maximum Gasteiger partial charge on any atom is 0.410 e. The Bertz CT molecular complexity index is 815. The minimum absolute atomic E-state index is 0.0621. The number of amides is 1. The van der Waals surface area contributed by atoms with Gasteiger partial charge in [-0.3, -0.25) is 0 Å². The summed E-state index contributed by atoms with van der Waals surface area (Å²) >= 11 is 0. The highest BCUT2D eigenvalue weighted by atomic mass is 16.6. The largest absolute Gasteiger partial charge is 0.497 e. The van der Waals surface area contributed by atoms with Crippen molar-refractivity contribution in [3.8, 4) is 11.5 Å². The van der Waals surface area contributed by atoms with Gasteiger partial charge < -0.3 is 24.2 Å². The van der Waals surface area contributed by atoms with Gasteiger partial charge in [0.2, 0.25) is 0 Å². The maximum absolute atomic E-state index is 12.5. The SMILES string of the molecule is COc1ccc(C(O)(c2ccc(OC)cc2)C2CCN(C(=O)OC(C)(C)C)CC2)cc1. The van der Waals surface area contributed by atoms with Crippen molar-refractivity contribution in [2.24, 2.45) is 5.92 Å². The van der Waals surface area contributed by atoms with E-state index in [4.69, 9.17) is 14.2 Å². The van der Waals surface area contributed by atoms with Crippen molar-refractivity contribution in [1.82, 2.24) is 4.90 Å². The first-order valence-electron chi connectivity index (χ1n) is 10.7. The molecule has 1 amide bonds. The average Bonchev–Trinajstić information content (AvgIpc) is 2.77. The van der Waals surface area contributed by atoms with Gasteiger partial charge in [-0.2, -0.15) is 0 Å². The zero-order valence-corrected chi connectivity index (χ0v) is 19.1. The van der Waals surface area contributed by atoms with Crippen LogP contribution in [0.2, 0.25) is 0 Å². The van der Waals surface area contributed by atoms with Crippen LogP contribution in [0.1, 0.15) is 44.7 Å². The van der Waals surface area contributed by atoms with Crippen LogP contribution in [-0.2, 0) is 10.3 Å². The highest BCUT2D eigenvalue weighted by molar-refractivity contribution is 5.68. The summed E-state index contributed by atoms with van der Waals surface area (Å²) in [6.45, 7) is 6.67. The minimum Gasteiger partial charge on any atom is -0.497 e. The number of likely N-dealkylation sites (tertiary alicyclic amines) is 1. The lowest BCUT2D eigenvalue weighted by atomic mass is 9.72. The van der Waals surface area contributed by atoms with Crippen molar-refractivity contribution < 1.29 is 24.1 Å². The summed E-state index contributed by atoms with van der Waals surface area (Å²) in [6, 6.07) is 15.1. The second kappa shape index (κ2) is 9.18. The van der Waals surface area contributed by atoms with Gasteiger partial charge in [0.15, 0.2) is 0 Å². The van der Waals surface area contributed by atoms with Crippen LogP contribution in [0.25, 0.3) is 0 Å². The van der Waals surface area contributed by atoms with E-state index >= 15 is 0 Å². The smallest absolute Gasteiger partial charge is 0.410 e.